The van der Waals surface area contributed by atoms with Gasteiger partial charge in [-0.25, -0.2) is 4.39 Å². The summed E-state index contributed by atoms with van der Waals surface area (Å²) in [5.41, 5.74) is -0.682. The second-order valence-electron chi connectivity index (χ2n) is 6.91. The number of amides is 2. The minimum absolute atomic E-state index is 0.0140. The Morgan fingerprint density at radius 3 is 2.23 bits per heavy atom. The summed E-state index contributed by atoms with van der Waals surface area (Å²) in [5.74, 6) is -1.90. The quantitative estimate of drug-likeness (QED) is 0.867. The van der Waals surface area contributed by atoms with E-state index >= 15 is 0 Å². The molecule has 1 heterocycles. The highest BCUT2D eigenvalue weighted by molar-refractivity contribution is 6.33. The fourth-order valence-electron chi connectivity index (χ4n) is 3.46. The van der Waals surface area contributed by atoms with Crippen LogP contribution >= 0.6 is 11.6 Å². The molecule has 2 fully saturated rings. The molecule has 26 heavy (non-hydrogen) atoms. The van der Waals surface area contributed by atoms with Crippen LogP contribution in [0.2, 0.25) is 5.02 Å². The van der Waals surface area contributed by atoms with E-state index in [0.29, 0.717) is 39.0 Å². The van der Waals surface area contributed by atoms with Crippen molar-refractivity contribution in [2.45, 2.75) is 25.7 Å². The predicted molar refractivity (Wildman–Crippen MR) is 92.4 cm³/mol. The summed E-state index contributed by atoms with van der Waals surface area (Å²) in [7, 11) is 0. The van der Waals surface area contributed by atoms with Gasteiger partial charge in [0, 0.05) is 32.6 Å². The average Bonchev–Trinajstić information content (AvgIpc) is 2.57. The molecule has 140 valence electrons. The summed E-state index contributed by atoms with van der Waals surface area (Å²) < 4.78 is 13.1. The second-order valence-corrected chi connectivity index (χ2v) is 7.32. The zero-order valence-corrected chi connectivity index (χ0v) is 15.0. The summed E-state index contributed by atoms with van der Waals surface area (Å²) in [6.07, 6.45) is 1.92. The fraction of sp³-hybridized carbons (Fsp3) is 0.500. The first-order valence-corrected chi connectivity index (χ1v) is 8.96. The number of rotatable bonds is 4. The van der Waals surface area contributed by atoms with Gasteiger partial charge in [-0.2, -0.15) is 0 Å². The van der Waals surface area contributed by atoms with E-state index in [1.807, 2.05) is 0 Å². The molecule has 2 amide bonds. The summed E-state index contributed by atoms with van der Waals surface area (Å²) >= 11 is 5.94. The van der Waals surface area contributed by atoms with Crippen molar-refractivity contribution in [3.8, 4) is 0 Å². The average molecular weight is 383 g/mol. The molecule has 6 nitrogen and oxygen atoms in total. The first-order valence-electron chi connectivity index (χ1n) is 8.58. The zero-order valence-electron chi connectivity index (χ0n) is 14.2. The Balaban J connectivity index is 1.58. The predicted octanol–water partition coefficient (Wildman–Crippen LogP) is 2.41. The van der Waals surface area contributed by atoms with Crippen LogP contribution in [0.4, 0.5) is 4.39 Å². The van der Waals surface area contributed by atoms with Crippen molar-refractivity contribution in [3.63, 3.8) is 0 Å². The highest BCUT2D eigenvalue weighted by Crippen LogP contribution is 2.44. The highest BCUT2D eigenvalue weighted by atomic mass is 35.5. The number of carbonyl (C=O) groups is 3. The van der Waals surface area contributed by atoms with E-state index in [9.17, 15) is 23.9 Å². The van der Waals surface area contributed by atoms with Gasteiger partial charge in [0.05, 0.1) is 16.0 Å². The first-order chi connectivity index (χ1) is 12.3. The first kappa shape index (κ1) is 18.6. The van der Waals surface area contributed by atoms with Crippen LogP contribution < -0.4 is 0 Å². The van der Waals surface area contributed by atoms with Gasteiger partial charge in [0.2, 0.25) is 5.91 Å². The van der Waals surface area contributed by atoms with Crippen LogP contribution in [-0.4, -0.2) is 58.9 Å². The molecule has 0 aromatic heterocycles. The zero-order chi connectivity index (χ0) is 18.9. The van der Waals surface area contributed by atoms with Gasteiger partial charge < -0.3 is 14.9 Å². The molecule has 8 heteroatoms. The molecule has 1 aliphatic heterocycles. The van der Waals surface area contributed by atoms with E-state index in [0.717, 1.165) is 12.5 Å². The maximum atomic E-state index is 13.1. The topological polar surface area (TPSA) is 77.9 Å². The molecule has 0 radical (unpaired) electrons. The van der Waals surface area contributed by atoms with Gasteiger partial charge >= 0.3 is 5.97 Å². The van der Waals surface area contributed by atoms with E-state index in [2.05, 4.69) is 0 Å². The molecule has 0 atom stereocenters. The molecule has 0 spiro atoms. The van der Waals surface area contributed by atoms with E-state index < -0.39 is 17.2 Å². The molecular weight excluding hydrogens is 363 g/mol. The SMILES string of the molecule is O=C(CC1(C(=O)O)CCC1)N1CCN(C(=O)c2ccc(F)cc2Cl)CC1. The van der Waals surface area contributed by atoms with Crippen molar-refractivity contribution in [3.05, 3.63) is 34.6 Å². The number of hydrogen-bond donors (Lipinski definition) is 1. The molecule has 1 saturated carbocycles. The van der Waals surface area contributed by atoms with Crippen molar-refractivity contribution in [2.75, 3.05) is 26.2 Å². The lowest BCUT2D eigenvalue weighted by Crippen LogP contribution is -2.52. The highest BCUT2D eigenvalue weighted by Gasteiger charge is 2.46. The van der Waals surface area contributed by atoms with Gasteiger partial charge in [-0.1, -0.05) is 18.0 Å². The van der Waals surface area contributed by atoms with Gasteiger partial charge in [0.15, 0.2) is 0 Å². The van der Waals surface area contributed by atoms with Crippen molar-refractivity contribution in [1.29, 1.82) is 0 Å². The monoisotopic (exact) mass is 382 g/mol. The van der Waals surface area contributed by atoms with Crippen LogP contribution in [0.3, 0.4) is 0 Å². The van der Waals surface area contributed by atoms with Crippen LogP contribution in [-0.2, 0) is 9.59 Å². The molecule has 1 saturated heterocycles. The normalized spacial score (nSPS) is 19.0. The molecule has 1 aliphatic carbocycles. The van der Waals surface area contributed by atoms with Crippen molar-refractivity contribution < 1.29 is 23.9 Å². The maximum Gasteiger partial charge on any atom is 0.310 e. The summed E-state index contributed by atoms with van der Waals surface area (Å²) in [4.78, 5) is 39.6. The molecule has 1 N–H and O–H groups in total. The minimum Gasteiger partial charge on any atom is -0.481 e. The van der Waals surface area contributed by atoms with Gasteiger partial charge in [-0.15, -0.1) is 0 Å². The Hall–Kier alpha value is -2.15. The Bertz CT molecular complexity index is 743. The van der Waals surface area contributed by atoms with Gasteiger partial charge in [-0.3, -0.25) is 14.4 Å². The molecule has 1 aromatic carbocycles. The van der Waals surface area contributed by atoms with Gasteiger partial charge in [0.1, 0.15) is 5.82 Å². The number of aliphatic carboxylic acids is 1. The number of benzene rings is 1. The molecule has 1 aromatic rings. The van der Waals surface area contributed by atoms with Crippen molar-refractivity contribution in [2.24, 2.45) is 5.41 Å². The van der Waals surface area contributed by atoms with E-state index in [4.69, 9.17) is 11.6 Å². The third kappa shape index (κ3) is 3.53. The molecule has 2 aliphatic rings. The summed E-state index contributed by atoms with van der Waals surface area (Å²) in [6.45, 7) is 1.36. The number of hydrogen-bond acceptors (Lipinski definition) is 3. The number of halogens is 2. The van der Waals surface area contributed by atoms with Crippen LogP contribution in [0.15, 0.2) is 18.2 Å². The maximum absolute atomic E-state index is 13.1. The smallest absolute Gasteiger partial charge is 0.310 e. The molecular formula is C18H20ClFN2O4. The minimum atomic E-state index is -0.911. The number of piperazine rings is 1. The standard InChI is InChI=1S/C18H20ClFN2O4/c19-14-10-12(20)2-3-13(14)16(24)22-8-6-21(7-9-22)15(23)11-18(17(25)26)4-1-5-18/h2-3,10H,1,4-9,11H2,(H,25,26). The van der Waals surface area contributed by atoms with Crippen LogP contribution in [0.5, 0.6) is 0 Å². The van der Waals surface area contributed by atoms with Gasteiger partial charge in [-0.05, 0) is 31.0 Å². The third-order valence-electron chi connectivity index (χ3n) is 5.34. The summed E-state index contributed by atoms with van der Waals surface area (Å²) in [6, 6.07) is 3.63. The Morgan fingerprint density at radius 1 is 1.12 bits per heavy atom. The fourth-order valence-corrected chi connectivity index (χ4v) is 3.71. The Labute approximate surface area is 155 Å². The second kappa shape index (κ2) is 7.23. The number of carbonyl (C=O) groups excluding carboxylic acids is 2. The lowest BCUT2D eigenvalue weighted by atomic mass is 9.66. The number of nitrogens with zero attached hydrogens (tertiary/aromatic N) is 2. The third-order valence-corrected chi connectivity index (χ3v) is 5.65. The van der Waals surface area contributed by atoms with Crippen LogP contribution in [0.1, 0.15) is 36.0 Å². The van der Waals surface area contributed by atoms with E-state index in [1.165, 1.54) is 12.1 Å². The van der Waals surface area contributed by atoms with Crippen LogP contribution in [0.25, 0.3) is 0 Å². The van der Waals surface area contributed by atoms with Crippen molar-refractivity contribution >= 4 is 29.4 Å². The van der Waals surface area contributed by atoms with Gasteiger partial charge in [0.25, 0.3) is 5.91 Å². The number of carboxylic acid groups (broad SMARTS) is 1. The van der Waals surface area contributed by atoms with E-state index in [-0.39, 0.29) is 28.8 Å². The molecule has 3 rings (SSSR count). The molecule has 0 unspecified atom stereocenters. The van der Waals surface area contributed by atoms with Crippen molar-refractivity contribution in [1.82, 2.24) is 9.80 Å². The lowest BCUT2D eigenvalue weighted by molar-refractivity contribution is -0.159. The van der Waals surface area contributed by atoms with E-state index in [1.54, 1.807) is 9.80 Å². The lowest BCUT2D eigenvalue weighted by Gasteiger charge is -2.40. The number of carboxylic acids is 1. The van der Waals surface area contributed by atoms with Crippen LogP contribution in [0, 0.1) is 11.2 Å². The molecule has 0 bridgehead atoms. The Kier molecular flexibility index (Phi) is 5.18. The largest absolute Gasteiger partial charge is 0.481 e. The summed E-state index contributed by atoms with van der Waals surface area (Å²) in [5, 5.41) is 9.41. The Morgan fingerprint density at radius 2 is 1.73 bits per heavy atom.